The second kappa shape index (κ2) is 12.5. The van der Waals surface area contributed by atoms with Gasteiger partial charge in [0.05, 0.1) is 32.1 Å². The summed E-state index contributed by atoms with van der Waals surface area (Å²) in [5, 5.41) is 12.4. The molecule has 1 aliphatic rings. The number of hydrogen-bond acceptors (Lipinski definition) is 8. The number of amides is 1. The Morgan fingerprint density at radius 2 is 1.84 bits per heavy atom. The minimum Gasteiger partial charge on any atom is -0.494 e. The van der Waals surface area contributed by atoms with Crippen molar-refractivity contribution in [3.05, 3.63) is 24.3 Å². The highest BCUT2D eigenvalue weighted by Gasteiger charge is 2.21. The lowest BCUT2D eigenvalue weighted by Crippen LogP contribution is -2.38. The molecule has 0 aliphatic carbocycles. The van der Waals surface area contributed by atoms with Gasteiger partial charge >= 0.3 is 0 Å². The summed E-state index contributed by atoms with van der Waals surface area (Å²) in [7, 11) is 0. The number of ether oxygens (including phenoxy) is 3. The van der Waals surface area contributed by atoms with Crippen LogP contribution in [0.15, 0.2) is 29.4 Å². The molecule has 0 spiro atoms. The van der Waals surface area contributed by atoms with Crippen molar-refractivity contribution < 1.29 is 19.0 Å². The van der Waals surface area contributed by atoms with Crippen molar-refractivity contribution in [1.29, 1.82) is 0 Å². The number of hydrogen-bond donors (Lipinski definition) is 1. The largest absolute Gasteiger partial charge is 0.494 e. The number of carbonyl (C=O) groups excluding carboxylic acids is 1. The number of nitrogens with zero attached hydrogens (tertiary/aromatic N) is 4. The quantitative estimate of drug-likeness (QED) is 0.379. The minimum atomic E-state index is -0.0580. The highest BCUT2D eigenvalue weighted by Crippen LogP contribution is 2.24. The van der Waals surface area contributed by atoms with Gasteiger partial charge in [-0.3, -0.25) is 9.36 Å². The van der Waals surface area contributed by atoms with Crippen molar-refractivity contribution in [2.75, 3.05) is 56.7 Å². The van der Waals surface area contributed by atoms with Crippen LogP contribution in [0.5, 0.6) is 11.5 Å². The van der Waals surface area contributed by atoms with Crippen LogP contribution in [0.1, 0.15) is 20.8 Å². The molecular weight excluding hydrogens is 430 g/mol. The van der Waals surface area contributed by atoms with E-state index in [2.05, 4.69) is 38.8 Å². The van der Waals surface area contributed by atoms with Crippen LogP contribution in [0, 0.1) is 5.92 Å². The molecule has 1 fully saturated rings. The molecule has 1 amide bonds. The third-order valence-corrected chi connectivity index (χ3v) is 5.67. The summed E-state index contributed by atoms with van der Waals surface area (Å²) in [6.45, 7) is 11.5. The van der Waals surface area contributed by atoms with Crippen molar-refractivity contribution in [2.45, 2.75) is 32.5 Å². The first-order chi connectivity index (χ1) is 15.6. The fourth-order valence-electron chi connectivity index (χ4n) is 3.25. The Morgan fingerprint density at radius 3 is 2.50 bits per heavy atom. The molecule has 1 saturated heterocycles. The van der Waals surface area contributed by atoms with Gasteiger partial charge in [0.25, 0.3) is 0 Å². The van der Waals surface area contributed by atoms with Gasteiger partial charge in [-0.05, 0) is 37.1 Å². The summed E-state index contributed by atoms with van der Waals surface area (Å²) in [5.41, 5.74) is 0. The molecule has 2 aromatic rings. The highest BCUT2D eigenvalue weighted by molar-refractivity contribution is 7.99. The summed E-state index contributed by atoms with van der Waals surface area (Å²) in [6, 6.07) is 7.45. The lowest BCUT2D eigenvalue weighted by Gasteiger charge is -2.28. The third kappa shape index (κ3) is 7.30. The molecule has 32 heavy (non-hydrogen) atoms. The number of thioether (sulfide) groups is 1. The summed E-state index contributed by atoms with van der Waals surface area (Å²) < 4.78 is 18.6. The normalized spacial score (nSPS) is 13.9. The van der Waals surface area contributed by atoms with Crippen molar-refractivity contribution in [1.82, 2.24) is 20.1 Å². The highest BCUT2D eigenvalue weighted by atomic mass is 32.2. The summed E-state index contributed by atoms with van der Waals surface area (Å²) in [4.78, 5) is 14.5. The SMILES string of the molecule is CCOc1ccc(OCCNC(=O)CSc2nnc(N3CCOCC3)n2CC(C)C)cc1. The van der Waals surface area contributed by atoms with E-state index < -0.39 is 0 Å². The fourth-order valence-corrected chi connectivity index (χ4v) is 4.02. The summed E-state index contributed by atoms with van der Waals surface area (Å²) in [6.07, 6.45) is 0. The fraction of sp³-hybridized carbons (Fsp3) is 0.591. The molecule has 1 N–H and O–H groups in total. The first-order valence-electron chi connectivity index (χ1n) is 11.1. The average Bonchev–Trinajstić information content (AvgIpc) is 3.19. The van der Waals surface area contributed by atoms with Gasteiger partial charge in [-0.1, -0.05) is 25.6 Å². The molecule has 1 aromatic heterocycles. The van der Waals surface area contributed by atoms with Crippen LogP contribution in [-0.2, 0) is 16.1 Å². The first-order valence-corrected chi connectivity index (χ1v) is 12.1. The molecule has 0 unspecified atom stereocenters. The van der Waals surface area contributed by atoms with E-state index in [1.54, 1.807) is 0 Å². The van der Waals surface area contributed by atoms with Crippen molar-refractivity contribution in [3.8, 4) is 11.5 Å². The van der Waals surface area contributed by atoms with Crippen LogP contribution in [0.2, 0.25) is 0 Å². The molecule has 2 heterocycles. The van der Waals surface area contributed by atoms with E-state index in [1.807, 2.05) is 31.2 Å². The maximum atomic E-state index is 12.3. The van der Waals surface area contributed by atoms with Crippen molar-refractivity contribution in [2.24, 2.45) is 5.92 Å². The molecule has 0 saturated carbocycles. The number of anilines is 1. The van der Waals surface area contributed by atoms with Crippen LogP contribution in [-0.4, -0.2) is 72.5 Å². The van der Waals surface area contributed by atoms with Crippen LogP contribution in [0.25, 0.3) is 0 Å². The topological polar surface area (TPSA) is 90.7 Å². The van der Waals surface area contributed by atoms with E-state index in [0.29, 0.717) is 38.9 Å². The molecule has 0 bridgehead atoms. The number of aromatic nitrogens is 3. The lowest BCUT2D eigenvalue weighted by atomic mass is 10.2. The van der Waals surface area contributed by atoms with E-state index in [1.165, 1.54) is 11.8 Å². The standard InChI is InChI=1S/C22H33N5O4S/c1-4-30-18-5-7-19(8-6-18)31-12-9-23-20(28)16-32-22-25-24-21(27(22)15-17(2)3)26-10-13-29-14-11-26/h5-8,17H,4,9-16H2,1-3H3,(H,23,28). The molecule has 0 radical (unpaired) electrons. The Kier molecular flexibility index (Phi) is 9.48. The van der Waals surface area contributed by atoms with Crippen LogP contribution in [0.4, 0.5) is 5.95 Å². The zero-order valence-corrected chi connectivity index (χ0v) is 19.9. The molecule has 176 valence electrons. The van der Waals surface area contributed by atoms with E-state index in [4.69, 9.17) is 14.2 Å². The molecule has 3 rings (SSSR count). The van der Waals surface area contributed by atoms with Gasteiger partial charge in [-0.2, -0.15) is 0 Å². The Bertz CT molecular complexity index is 837. The molecular formula is C22H33N5O4S. The Morgan fingerprint density at radius 1 is 1.16 bits per heavy atom. The monoisotopic (exact) mass is 463 g/mol. The zero-order chi connectivity index (χ0) is 22.8. The van der Waals surface area contributed by atoms with Crippen LogP contribution in [0.3, 0.4) is 0 Å². The van der Waals surface area contributed by atoms with Gasteiger partial charge in [0.15, 0.2) is 5.16 Å². The van der Waals surface area contributed by atoms with Gasteiger partial charge in [-0.25, -0.2) is 0 Å². The summed E-state index contributed by atoms with van der Waals surface area (Å²) >= 11 is 1.41. The average molecular weight is 464 g/mol. The number of benzene rings is 1. The predicted octanol–water partition coefficient (Wildman–Crippen LogP) is 2.46. The second-order valence-corrected chi connectivity index (χ2v) is 8.72. The number of morpholine rings is 1. The van der Waals surface area contributed by atoms with E-state index in [9.17, 15) is 4.79 Å². The second-order valence-electron chi connectivity index (χ2n) is 7.78. The van der Waals surface area contributed by atoms with E-state index >= 15 is 0 Å². The maximum absolute atomic E-state index is 12.3. The predicted molar refractivity (Wildman–Crippen MR) is 125 cm³/mol. The van der Waals surface area contributed by atoms with Crippen LogP contribution < -0.4 is 19.7 Å². The number of nitrogens with one attached hydrogen (secondary N) is 1. The Balaban J connectivity index is 1.44. The van der Waals surface area contributed by atoms with Crippen molar-refractivity contribution in [3.63, 3.8) is 0 Å². The van der Waals surface area contributed by atoms with Crippen LogP contribution >= 0.6 is 11.8 Å². The number of rotatable bonds is 12. The van der Waals surface area contributed by atoms with E-state index in [-0.39, 0.29) is 11.7 Å². The third-order valence-electron chi connectivity index (χ3n) is 4.70. The molecule has 1 aromatic carbocycles. The number of carbonyl (C=O) groups is 1. The maximum Gasteiger partial charge on any atom is 0.230 e. The van der Waals surface area contributed by atoms with Gasteiger partial charge in [-0.15, -0.1) is 10.2 Å². The van der Waals surface area contributed by atoms with Gasteiger partial charge in [0.1, 0.15) is 18.1 Å². The molecule has 9 nitrogen and oxygen atoms in total. The molecule has 10 heteroatoms. The van der Waals surface area contributed by atoms with Gasteiger partial charge < -0.3 is 24.4 Å². The Hall–Kier alpha value is -2.46. The van der Waals surface area contributed by atoms with Crippen molar-refractivity contribution >= 4 is 23.6 Å². The summed E-state index contributed by atoms with van der Waals surface area (Å²) in [5.74, 6) is 3.08. The van der Waals surface area contributed by atoms with Gasteiger partial charge in [0.2, 0.25) is 11.9 Å². The minimum absolute atomic E-state index is 0.0580. The molecule has 0 atom stereocenters. The smallest absolute Gasteiger partial charge is 0.230 e. The Labute approximate surface area is 193 Å². The lowest BCUT2D eigenvalue weighted by molar-refractivity contribution is -0.118. The van der Waals surface area contributed by atoms with E-state index in [0.717, 1.165) is 42.2 Å². The van der Waals surface area contributed by atoms with Gasteiger partial charge in [0, 0.05) is 19.6 Å². The zero-order valence-electron chi connectivity index (χ0n) is 19.1. The molecule has 1 aliphatic heterocycles. The first kappa shape index (κ1) is 24.2.